The lowest BCUT2D eigenvalue weighted by Gasteiger charge is -2.07. The Morgan fingerprint density at radius 1 is 1.42 bits per heavy atom. The molecule has 1 heterocycles. The van der Waals surface area contributed by atoms with E-state index in [1.165, 1.54) is 0 Å². The number of hydrogen-bond donors (Lipinski definition) is 1. The van der Waals surface area contributed by atoms with E-state index in [9.17, 15) is 4.79 Å². The average Bonchev–Trinajstić information content (AvgIpc) is 2.83. The molecule has 0 fully saturated rings. The van der Waals surface area contributed by atoms with Crippen molar-refractivity contribution in [2.75, 3.05) is 6.26 Å². The molecule has 0 bridgehead atoms. The highest BCUT2D eigenvalue weighted by atomic mass is 32.2. The van der Waals surface area contributed by atoms with Crippen molar-refractivity contribution in [2.45, 2.75) is 17.9 Å². The molecule has 1 N–H and O–H groups in total. The van der Waals surface area contributed by atoms with E-state index in [1.807, 2.05) is 43.8 Å². The fraction of sp³-hybridized carbons (Fsp3) is 0.286. The minimum absolute atomic E-state index is 0.0327. The van der Waals surface area contributed by atoms with E-state index in [4.69, 9.17) is 0 Å². The summed E-state index contributed by atoms with van der Waals surface area (Å²) in [6.07, 6.45) is 6.09. The van der Waals surface area contributed by atoms with Crippen LogP contribution in [0.5, 0.6) is 0 Å². The lowest BCUT2D eigenvalue weighted by molar-refractivity contribution is -0.120. The van der Waals surface area contributed by atoms with E-state index >= 15 is 0 Å². The van der Waals surface area contributed by atoms with Crippen molar-refractivity contribution in [1.29, 1.82) is 0 Å². The summed E-state index contributed by atoms with van der Waals surface area (Å²) in [4.78, 5) is 13.1. The van der Waals surface area contributed by atoms with Crippen LogP contribution in [-0.2, 0) is 24.8 Å². The lowest BCUT2D eigenvalue weighted by Crippen LogP contribution is -2.24. The minimum Gasteiger partial charge on any atom is -0.352 e. The third-order valence-corrected chi connectivity index (χ3v) is 3.63. The molecule has 1 amide bonds. The number of nitrogens with zero attached hydrogens (tertiary/aromatic N) is 2. The van der Waals surface area contributed by atoms with Crippen molar-refractivity contribution in [3.05, 3.63) is 47.8 Å². The van der Waals surface area contributed by atoms with Crippen LogP contribution in [0.1, 0.15) is 11.1 Å². The smallest absolute Gasteiger partial charge is 0.224 e. The molecule has 0 aliphatic heterocycles. The fourth-order valence-electron chi connectivity index (χ4n) is 1.85. The molecule has 0 spiro atoms. The molecule has 1 aromatic heterocycles. The van der Waals surface area contributed by atoms with Crippen molar-refractivity contribution in [1.82, 2.24) is 15.1 Å². The third-order valence-electron chi connectivity index (χ3n) is 2.79. The van der Waals surface area contributed by atoms with Gasteiger partial charge in [-0.05, 0) is 17.9 Å². The molecule has 0 radical (unpaired) electrons. The molecule has 0 aliphatic rings. The van der Waals surface area contributed by atoms with E-state index in [-0.39, 0.29) is 5.91 Å². The van der Waals surface area contributed by atoms with Crippen LogP contribution >= 0.6 is 11.8 Å². The second-order valence-corrected chi connectivity index (χ2v) is 5.14. The summed E-state index contributed by atoms with van der Waals surface area (Å²) in [5, 5.41) is 6.98. The molecular formula is C14H17N3OS. The van der Waals surface area contributed by atoms with Crippen LogP contribution in [-0.4, -0.2) is 21.9 Å². The number of nitrogens with one attached hydrogen (secondary N) is 1. The standard InChI is InChI=1S/C14H17N3OS/c1-17-10-11(9-16-17)8-15-14(18)7-12-5-3-4-6-13(12)19-2/h3-6,9-10H,7-8H2,1-2H3,(H,15,18). The highest BCUT2D eigenvalue weighted by Crippen LogP contribution is 2.20. The summed E-state index contributed by atoms with van der Waals surface area (Å²) < 4.78 is 1.73. The number of carbonyl (C=O) groups excluding carboxylic acids is 1. The zero-order valence-corrected chi connectivity index (χ0v) is 11.9. The maximum atomic E-state index is 11.9. The number of carbonyl (C=O) groups is 1. The Bertz CT molecular complexity index is 565. The summed E-state index contributed by atoms with van der Waals surface area (Å²) in [7, 11) is 1.86. The van der Waals surface area contributed by atoms with Crippen LogP contribution in [0.15, 0.2) is 41.6 Å². The minimum atomic E-state index is 0.0327. The Labute approximate surface area is 117 Å². The van der Waals surface area contributed by atoms with E-state index < -0.39 is 0 Å². The Balaban J connectivity index is 1.90. The van der Waals surface area contributed by atoms with Gasteiger partial charge in [0.15, 0.2) is 0 Å². The Morgan fingerprint density at radius 2 is 2.21 bits per heavy atom. The van der Waals surface area contributed by atoms with Gasteiger partial charge in [0, 0.05) is 30.2 Å². The summed E-state index contributed by atoms with van der Waals surface area (Å²) in [5.74, 6) is 0.0327. The van der Waals surface area contributed by atoms with E-state index in [0.717, 1.165) is 16.0 Å². The normalized spacial score (nSPS) is 10.4. The van der Waals surface area contributed by atoms with E-state index in [0.29, 0.717) is 13.0 Å². The molecule has 2 aromatic rings. The SMILES string of the molecule is CSc1ccccc1CC(=O)NCc1cnn(C)c1. The zero-order chi connectivity index (χ0) is 13.7. The summed E-state index contributed by atoms with van der Waals surface area (Å²) in [6, 6.07) is 7.98. The van der Waals surface area contributed by atoms with Gasteiger partial charge < -0.3 is 5.32 Å². The van der Waals surface area contributed by atoms with Crippen molar-refractivity contribution in [3.63, 3.8) is 0 Å². The number of thioether (sulfide) groups is 1. The molecular weight excluding hydrogens is 258 g/mol. The second kappa shape index (κ2) is 6.43. The number of amides is 1. The van der Waals surface area contributed by atoms with Crippen molar-refractivity contribution < 1.29 is 4.79 Å². The van der Waals surface area contributed by atoms with Gasteiger partial charge in [-0.15, -0.1) is 11.8 Å². The molecule has 0 unspecified atom stereocenters. The van der Waals surface area contributed by atoms with E-state index in [1.54, 1.807) is 22.6 Å². The second-order valence-electron chi connectivity index (χ2n) is 4.29. The van der Waals surface area contributed by atoms with Gasteiger partial charge in [-0.25, -0.2) is 0 Å². The highest BCUT2D eigenvalue weighted by Gasteiger charge is 2.07. The predicted molar refractivity (Wildman–Crippen MR) is 77.0 cm³/mol. The molecule has 0 atom stereocenters. The van der Waals surface area contributed by atoms with Gasteiger partial charge in [-0.1, -0.05) is 18.2 Å². The average molecular weight is 275 g/mol. The van der Waals surface area contributed by atoms with Gasteiger partial charge in [-0.3, -0.25) is 9.48 Å². The van der Waals surface area contributed by atoms with Gasteiger partial charge in [0.25, 0.3) is 0 Å². The van der Waals surface area contributed by atoms with Gasteiger partial charge >= 0.3 is 0 Å². The Hall–Kier alpha value is -1.75. The molecule has 2 rings (SSSR count). The van der Waals surface area contributed by atoms with Gasteiger partial charge in [0.05, 0.1) is 12.6 Å². The molecule has 0 saturated carbocycles. The molecule has 0 saturated heterocycles. The third kappa shape index (κ3) is 3.86. The van der Waals surface area contributed by atoms with Crippen LogP contribution < -0.4 is 5.32 Å². The number of aryl methyl sites for hydroxylation is 1. The quantitative estimate of drug-likeness (QED) is 0.849. The maximum absolute atomic E-state index is 11.9. The van der Waals surface area contributed by atoms with Gasteiger partial charge in [0.2, 0.25) is 5.91 Å². The first-order valence-corrected chi connectivity index (χ1v) is 7.27. The molecule has 19 heavy (non-hydrogen) atoms. The zero-order valence-electron chi connectivity index (χ0n) is 11.1. The van der Waals surface area contributed by atoms with E-state index in [2.05, 4.69) is 10.4 Å². The van der Waals surface area contributed by atoms with Crippen LogP contribution in [0.2, 0.25) is 0 Å². The topological polar surface area (TPSA) is 46.9 Å². The summed E-state index contributed by atoms with van der Waals surface area (Å²) >= 11 is 1.66. The van der Waals surface area contributed by atoms with Crippen LogP contribution in [0.25, 0.3) is 0 Å². The summed E-state index contributed by atoms with van der Waals surface area (Å²) in [5.41, 5.74) is 2.08. The first-order valence-electron chi connectivity index (χ1n) is 6.05. The number of aromatic nitrogens is 2. The summed E-state index contributed by atoms with van der Waals surface area (Å²) in [6.45, 7) is 0.522. The first kappa shape index (κ1) is 13.7. The monoisotopic (exact) mass is 275 g/mol. The van der Waals surface area contributed by atoms with Crippen molar-refractivity contribution >= 4 is 17.7 Å². The molecule has 100 valence electrons. The molecule has 5 heteroatoms. The molecule has 1 aromatic carbocycles. The molecule has 4 nitrogen and oxygen atoms in total. The number of hydrogen-bond acceptors (Lipinski definition) is 3. The van der Waals surface area contributed by atoms with Crippen LogP contribution in [0.4, 0.5) is 0 Å². The largest absolute Gasteiger partial charge is 0.352 e. The van der Waals surface area contributed by atoms with Crippen LogP contribution in [0.3, 0.4) is 0 Å². The molecule has 0 aliphatic carbocycles. The van der Waals surface area contributed by atoms with Crippen LogP contribution in [0, 0.1) is 0 Å². The number of benzene rings is 1. The maximum Gasteiger partial charge on any atom is 0.224 e. The first-order chi connectivity index (χ1) is 9.19. The van der Waals surface area contributed by atoms with Gasteiger partial charge in [0.1, 0.15) is 0 Å². The lowest BCUT2D eigenvalue weighted by atomic mass is 10.1. The van der Waals surface area contributed by atoms with Crippen molar-refractivity contribution in [3.8, 4) is 0 Å². The van der Waals surface area contributed by atoms with Gasteiger partial charge in [-0.2, -0.15) is 5.10 Å². The number of rotatable bonds is 5. The Kier molecular flexibility index (Phi) is 4.63. The predicted octanol–water partition coefficient (Wildman–Crippen LogP) is 2.00. The van der Waals surface area contributed by atoms with Crippen molar-refractivity contribution in [2.24, 2.45) is 7.05 Å². The Morgan fingerprint density at radius 3 is 2.89 bits per heavy atom. The fourth-order valence-corrected chi connectivity index (χ4v) is 2.47. The highest BCUT2D eigenvalue weighted by molar-refractivity contribution is 7.98.